The van der Waals surface area contributed by atoms with Gasteiger partial charge in [0.05, 0.1) is 0 Å². The summed E-state index contributed by atoms with van der Waals surface area (Å²) in [6.45, 7) is 1.67. The second-order valence-electron chi connectivity index (χ2n) is 5.68. The zero-order chi connectivity index (χ0) is 12.1. The van der Waals surface area contributed by atoms with E-state index >= 15 is 0 Å². The van der Waals surface area contributed by atoms with Crippen LogP contribution in [-0.4, -0.2) is 28.7 Å². The topological polar surface area (TPSA) is 47.3 Å². The van der Waals surface area contributed by atoms with E-state index in [-0.39, 0.29) is 0 Å². The predicted molar refractivity (Wildman–Crippen MR) is 74.3 cm³/mol. The van der Waals surface area contributed by atoms with Gasteiger partial charge in [0.2, 0.25) is 0 Å². The van der Waals surface area contributed by atoms with Gasteiger partial charge in [-0.05, 0) is 36.8 Å². The van der Waals surface area contributed by atoms with Crippen molar-refractivity contribution in [3.8, 4) is 0 Å². The Kier molecular flexibility index (Phi) is 5.03. The molecule has 0 heterocycles. The van der Waals surface area contributed by atoms with Gasteiger partial charge in [0.1, 0.15) is 0 Å². The molecule has 4 heteroatoms. The number of nitrogens with two attached hydrogens (primary N) is 1. The van der Waals surface area contributed by atoms with Crippen LogP contribution in [0.3, 0.4) is 0 Å². The van der Waals surface area contributed by atoms with Crippen molar-refractivity contribution in [1.82, 2.24) is 4.98 Å². The summed E-state index contributed by atoms with van der Waals surface area (Å²) < 4.78 is 6.18. The van der Waals surface area contributed by atoms with E-state index in [2.05, 4.69) is 4.98 Å². The Hall–Kier alpha value is 0.0969. The molecule has 0 aliphatic heterocycles. The summed E-state index contributed by atoms with van der Waals surface area (Å²) >= 11 is 0. The fourth-order valence-corrected chi connectivity index (χ4v) is 9.13. The zero-order valence-corrected chi connectivity index (χ0v) is 12.2. The summed E-state index contributed by atoms with van der Waals surface area (Å²) in [6, 6.07) is 0. The maximum absolute atomic E-state index is 6.18. The van der Waals surface area contributed by atoms with E-state index in [1.165, 1.54) is 51.4 Å². The molecule has 3 N–H and O–H groups in total. The summed E-state index contributed by atoms with van der Waals surface area (Å²) in [4.78, 5) is 3.81. The molecule has 2 aliphatic rings. The lowest BCUT2D eigenvalue weighted by Gasteiger charge is -2.40. The number of hydrogen-bond acceptors (Lipinski definition) is 3. The van der Waals surface area contributed by atoms with Gasteiger partial charge in [-0.3, -0.25) is 0 Å². The standard InChI is InChI=1S/C13H28N2OSi/c1-16-17(15-11-10-14,12-6-2-3-7-12)13-8-4-5-9-13/h12-13,15H,2-11,14H2,1H3. The molecule has 0 amide bonds. The van der Waals surface area contributed by atoms with Gasteiger partial charge < -0.3 is 15.1 Å². The van der Waals surface area contributed by atoms with E-state index in [1.807, 2.05) is 7.11 Å². The normalized spacial score (nSPS) is 23.6. The lowest BCUT2D eigenvalue weighted by molar-refractivity contribution is 0.344. The lowest BCUT2D eigenvalue weighted by atomic mass is 10.3. The summed E-state index contributed by atoms with van der Waals surface area (Å²) in [5, 5.41) is 0. The molecule has 0 aromatic rings. The van der Waals surface area contributed by atoms with Crippen LogP contribution in [0.2, 0.25) is 11.1 Å². The molecule has 100 valence electrons. The molecular formula is C13H28N2OSi. The lowest BCUT2D eigenvalue weighted by Crippen LogP contribution is -2.60. The fourth-order valence-electron chi connectivity index (χ4n) is 4.00. The second-order valence-corrected chi connectivity index (χ2v) is 9.66. The minimum Gasteiger partial charge on any atom is -0.406 e. The van der Waals surface area contributed by atoms with Gasteiger partial charge in [0.25, 0.3) is 8.48 Å². The second kappa shape index (κ2) is 6.32. The van der Waals surface area contributed by atoms with Gasteiger partial charge in [-0.25, -0.2) is 0 Å². The van der Waals surface area contributed by atoms with E-state index in [4.69, 9.17) is 10.2 Å². The first-order valence-electron chi connectivity index (χ1n) is 7.33. The molecule has 0 aromatic heterocycles. The van der Waals surface area contributed by atoms with Gasteiger partial charge in [-0.1, -0.05) is 25.7 Å². The molecule has 0 spiro atoms. The highest BCUT2D eigenvalue weighted by Crippen LogP contribution is 2.48. The highest BCUT2D eigenvalue weighted by molar-refractivity contribution is 6.74. The van der Waals surface area contributed by atoms with Crippen molar-refractivity contribution in [3.05, 3.63) is 0 Å². The van der Waals surface area contributed by atoms with Gasteiger partial charge in [-0.2, -0.15) is 0 Å². The van der Waals surface area contributed by atoms with Gasteiger partial charge in [0, 0.05) is 20.2 Å². The third-order valence-corrected chi connectivity index (χ3v) is 9.87. The van der Waals surface area contributed by atoms with Crippen molar-refractivity contribution in [2.75, 3.05) is 20.2 Å². The Morgan fingerprint density at radius 2 is 1.53 bits per heavy atom. The molecule has 17 heavy (non-hydrogen) atoms. The number of nitrogens with one attached hydrogen (secondary N) is 1. The highest BCUT2D eigenvalue weighted by Gasteiger charge is 2.50. The van der Waals surface area contributed by atoms with Crippen LogP contribution in [0.1, 0.15) is 51.4 Å². The summed E-state index contributed by atoms with van der Waals surface area (Å²) in [5.41, 5.74) is 7.36. The van der Waals surface area contributed by atoms with Crippen molar-refractivity contribution in [1.29, 1.82) is 0 Å². The Labute approximate surface area is 107 Å². The minimum absolute atomic E-state index is 0.734. The van der Waals surface area contributed by atoms with Crippen LogP contribution in [0.4, 0.5) is 0 Å². The van der Waals surface area contributed by atoms with E-state index in [1.54, 1.807) is 0 Å². The average molecular weight is 256 g/mol. The molecule has 2 rings (SSSR count). The Morgan fingerprint density at radius 3 is 1.88 bits per heavy atom. The van der Waals surface area contributed by atoms with Crippen LogP contribution >= 0.6 is 0 Å². The monoisotopic (exact) mass is 256 g/mol. The summed E-state index contributed by atoms with van der Waals surface area (Å²) in [5.74, 6) is 0. The molecule has 2 fully saturated rings. The minimum atomic E-state index is -1.75. The molecule has 0 radical (unpaired) electrons. The van der Waals surface area contributed by atoms with Crippen LogP contribution < -0.4 is 10.7 Å². The quantitative estimate of drug-likeness (QED) is 0.718. The molecule has 0 atom stereocenters. The van der Waals surface area contributed by atoms with Gasteiger partial charge in [-0.15, -0.1) is 0 Å². The fraction of sp³-hybridized carbons (Fsp3) is 1.00. The molecule has 2 aliphatic carbocycles. The smallest absolute Gasteiger partial charge is 0.274 e. The van der Waals surface area contributed by atoms with Crippen LogP contribution in [0.25, 0.3) is 0 Å². The van der Waals surface area contributed by atoms with Crippen molar-refractivity contribution in [3.63, 3.8) is 0 Å². The number of rotatable bonds is 6. The molecule has 0 bridgehead atoms. The third kappa shape index (κ3) is 2.75. The maximum atomic E-state index is 6.18. The molecule has 2 saturated carbocycles. The number of hydrogen-bond donors (Lipinski definition) is 2. The van der Waals surface area contributed by atoms with Gasteiger partial charge in [0.15, 0.2) is 0 Å². The third-order valence-electron chi connectivity index (χ3n) is 4.81. The van der Waals surface area contributed by atoms with Gasteiger partial charge >= 0.3 is 0 Å². The molecular weight excluding hydrogens is 228 g/mol. The first kappa shape index (κ1) is 13.5. The Bertz CT molecular complexity index is 209. The average Bonchev–Trinajstić information content (AvgIpc) is 3.04. The van der Waals surface area contributed by atoms with E-state index in [0.29, 0.717) is 0 Å². The molecule has 0 unspecified atom stereocenters. The maximum Gasteiger partial charge on any atom is 0.274 e. The predicted octanol–water partition coefficient (Wildman–Crippen LogP) is 2.51. The largest absolute Gasteiger partial charge is 0.406 e. The SMILES string of the molecule is CO[Si](NCCN)(C1CCCC1)C1CCCC1. The van der Waals surface area contributed by atoms with Crippen molar-refractivity contribution in [2.45, 2.75) is 62.4 Å². The van der Waals surface area contributed by atoms with Crippen molar-refractivity contribution in [2.24, 2.45) is 5.73 Å². The van der Waals surface area contributed by atoms with E-state index < -0.39 is 8.48 Å². The van der Waals surface area contributed by atoms with Crippen LogP contribution in [0, 0.1) is 0 Å². The summed E-state index contributed by atoms with van der Waals surface area (Å²) in [6.07, 6.45) is 11.1. The summed E-state index contributed by atoms with van der Waals surface area (Å²) in [7, 11) is 0.196. The van der Waals surface area contributed by atoms with E-state index in [0.717, 1.165) is 24.2 Å². The van der Waals surface area contributed by atoms with E-state index in [9.17, 15) is 0 Å². The van der Waals surface area contributed by atoms with Crippen LogP contribution in [0.5, 0.6) is 0 Å². The molecule has 0 saturated heterocycles. The van der Waals surface area contributed by atoms with Crippen LogP contribution in [0.15, 0.2) is 0 Å². The first-order valence-corrected chi connectivity index (χ1v) is 9.40. The van der Waals surface area contributed by atoms with Crippen molar-refractivity contribution < 1.29 is 4.43 Å². The first-order chi connectivity index (χ1) is 8.33. The zero-order valence-electron chi connectivity index (χ0n) is 11.2. The Balaban J connectivity index is 2.11. The van der Waals surface area contributed by atoms with Crippen molar-refractivity contribution >= 4 is 8.48 Å². The molecule has 3 nitrogen and oxygen atoms in total. The molecule has 0 aromatic carbocycles. The Morgan fingerprint density at radius 1 is 1.06 bits per heavy atom. The van der Waals surface area contributed by atoms with Crippen LogP contribution in [-0.2, 0) is 4.43 Å². The highest BCUT2D eigenvalue weighted by atomic mass is 28.4.